The molecule has 2 fully saturated rings. The summed E-state index contributed by atoms with van der Waals surface area (Å²) in [6.07, 6.45) is 7.41. The number of ether oxygens (including phenoxy) is 1. The Labute approximate surface area is 183 Å². The molecule has 1 aliphatic carbocycles. The van der Waals surface area contributed by atoms with Crippen LogP contribution in [0.4, 0.5) is 5.69 Å². The fourth-order valence-electron chi connectivity index (χ4n) is 4.61. The van der Waals surface area contributed by atoms with Crippen molar-refractivity contribution >= 4 is 27.5 Å². The van der Waals surface area contributed by atoms with Gasteiger partial charge >= 0.3 is 0 Å². The van der Waals surface area contributed by atoms with Gasteiger partial charge in [0.15, 0.2) is 6.10 Å². The standard InChI is InChI=1S/C22H31N3O5S/c1-15-21(26)24-19-13-18(10-11-20(19)30-15)31(28,29)25-12-6-7-16(14-25)22(27)23-17-8-4-2-3-5-9-17/h10-11,13,15-17H,2-9,12,14H2,1H3,(H,23,27)(H,24,26)/t15-,16+/m1/s1. The zero-order chi connectivity index (χ0) is 22.0. The third-order valence-electron chi connectivity index (χ3n) is 6.48. The fraction of sp³-hybridized carbons (Fsp3) is 0.636. The number of carbonyl (C=O) groups is 2. The van der Waals surface area contributed by atoms with Crippen molar-refractivity contribution < 1.29 is 22.7 Å². The van der Waals surface area contributed by atoms with Crippen molar-refractivity contribution in [2.24, 2.45) is 5.92 Å². The molecule has 2 heterocycles. The van der Waals surface area contributed by atoms with Crippen molar-refractivity contribution in [2.75, 3.05) is 18.4 Å². The van der Waals surface area contributed by atoms with E-state index < -0.39 is 16.1 Å². The highest BCUT2D eigenvalue weighted by Crippen LogP contribution is 2.33. The molecule has 31 heavy (non-hydrogen) atoms. The smallest absolute Gasteiger partial charge is 0.265 e. The maximum absolute atomic E-state index is 13.3. The molecule has 2 amide bonds. The molecule has 2 aliphatic heterocycles. The first-order valence-corrected chi connectivity index (χ1v) is 12.7. The summed E-state index contributed by atoms with van der Waals surface area (Å²) in [5.41, 5.74) is 0.351. The van der Waals surface area contributed by atoms with E-state index in [0.717, 1.165) is 25.7 Å². The zero-order valence-electron chi connectivity index (χ0n) is 17.9. The molecule has 1 aromatic rings. The minimum Gasteiger partial charge on any atom is -0.479 e. The van der Waals surface area contributed by atoms with Crippen LogP contribution in [-0.4, -0.2) is 49.8 Å². The summed E-state index contributed by atoms with van der Waals surface area (Å²) in [4.78, 5) is 24.8. The van der Waals surface area contributed by atoms with Gasteiger partial charge < -0.3 is 15.4 Å². The van der Waals surface area contributed by atoms with E-state index in [9.17, 15) is 18.0 Å². The number of nitrogens with zero attached hydrogens (tertiary/aromatic N) is 1. The van der Waals surface area contributed by atoms with E-state index in [-0.39, 0.29) is 35.2 Å². The van der Waals surface area contributed by atoms with E-state index in [2.05, 4.69) is 10.6 Å². The Morgan fingerprint density at radius 3 is 2.61 bits per heavy atom. The van der Waals surface area contributed by atoms with Crippen LogP contribution in [0, 0.1) is 5.92 Å². The van der Waals surface area contributed by atoms with Crippen LogP contribution in [0.1, 0.15) is 58.3 Å². The van der Waals surface area contributed by atoms with Gasteiger partial charge in [-0.05, 0) is 50.8 Å². The first-order valence-electron chi connectivity index (χ1n) is 11.3. The Kier molecular flexibility index (Phi) is 6.52. The normalized spacial score (nSPS) is 25.6. The molecule has 8 nitrogen and oxygen atoms in total. The average Bonchev–Trinajstić information content (AvgIpc) is 3.03. The molecule has 170 valence electrons. The molecule has 1 saturated carbocycles. The quantitative estimate of drug-likeness (QED) is 0.688. The Morgan fingerprint density at radius 1 is 1.13 bits per heavy atom. The van der Waals surface area contributed by atoms with Gasteiger partial charge in [-0.25, -0.2) is 8.42 Å². The number of sulfonamides is 1. The van der Waals surface area contributed by atoms with E-state index >= 15 is 0 Å². The minimum absolute atomic E-state index is 0.0353. The van der Waals surface area contributed by atoms with E-state index in [1.165, 1.54) is 29.3 Å². The number of benzene rings is 1. The Bertz CT molecular complexity index is 940. The Hall–Kier alpha value is -2.13. The summed E-state index contributed by atoms with van der Waals surface area (Å²) in [6.45, 7) is 2.20. The first kappa shape index (κ1) is 22.1. The van der Waals surface area contributed by atoms with E-state index in [4.69, 9.17) is 4.74 Å². The van der Waals surface area contributed by atoms with Crippen LogP contribution in [0.15, 0.2) is 23.1 Å². The van der Waals surface area contributed by atoms with Crippen LogP contribution in [-0.2, 0) is 19.6 Å². The molecule has 0 radical (unpaired) electrons. The number of carbonyl (C=O) groups excluding carboxylic acids is 2. The number of piperidine rings is 1. The third kappa shape index (κ3) is 4.87. The molecular formula is C22H31N3O5S. The number of amides is 2. The van der Waals surface area contributed by atoms with Crippen molar-refractivity contribution in [1.82, 2.24) is 9.62 Å². The van der Waals surface area contributed by atoms with Crippen LogP contribution in [0.5, 0.6) is 5.75 Å². The molecule has 1 aromatic carbocycles. The predicted molar refractivity (Wildman–Crippen MR) is 116 cm³/mol. The molecule has 0 unspecified atom stereocenters. The summed E-state index contributed by atoms with van der Waals surface area (Å²) in [6, 6.07) is 4.70. The van der Waals surface area contributed by atoms with Gasteiger partial charge in [0.1, 0.15) is 5.75 Å². The summed E-state index contributed by atoms with van der Waals surface area (Å²) >= 11 is 0. The number of rotatable bonds is 4. The molecule has 3 aliphatic rings. The monoisotopic (exact) mass is 449 g/mol. The third-order valence-corrected chi connectivity index (χ3v) is 8.34. The summed E-state index contributed by atoms with van der Waals surface area (Å²) in [7, 11) is -3.79. The van der Waals surface area contributed by atoms with E-state index in [1.807, 2.05) is 0 Å². The van der Waals surface area contributed by atoms with Gasteiger partial charge in [-0.3, -0.25) is 9.59 Å². The van der Waals surface area contributed by atoms with Crippen molar-refractivity contribution in [3.8, 4) is 5.75 Å². The Balaban J connectivity index is 1.45. The second-order valence-electron chi connectivity index (χ2n) is 8.81. The van der Waals surface area contributed by atoms with Gasteiger partial charge in [-0.2, -0.15) is 4.31 Å². The SMILES string of the molecule is C[C@H]1Oc2ccc(S(=O)(=O)N3CCC[C@H](C(=O)NC4CCCCCC4)C3)cc2NC1=O. The van der Waals surface area contributed by atoms with Crippen molar-refractivity contribution in [2.45, 2.75) is 75.3 Å². The lowest BCUT2D eigenvalue weighted by Crippen LogP contribution is -2.47. The van der Waals surface area contributed by atoms with Crippen LogP contribution in [0.2, 0.25) is 0 Å². The van der Waals surface area contributed by atoms with Gasteiger partial charge in [-0.1, -0.05) is 25.7 Å². The number of hydrogen-bond donors (Lipinski definition) is 2. The fourth-order valence-corrected chi connectivity index (χ4v) is 6.17. The zero-order valence-corrected chi connectivity index (χ0v) is 18.7. The van der Waals surface area contributed by atoms with E-state index in [1.54, 1.807) is 13.0 Å². The largest absolute Gasteiger partial charge is 0.479 e. The maximum atomic E-state index is 13.3. The van der Waals surface area contributed by atoms with Crippen LogP contribution in [0.25, 0.3) is 0 Å². The van der Waals surface area contributed by atoms with Gasteiger partial charge in [0.05, 0.1) is 16.5 Å². The van der Waals surface area contributed by atoms with Gasteiger partial charge in [-0.15, -0.1) is 0 Å². The lowest BCUT2D eigenvalue weighted by Gasteiger charge is -2.32. The van der Waals surface area contributed by atoms with Gasteiger partial charge in [0, 0.05) is 19.1 Å². The highest BCUT2D eigenvalue weighted by Gasteiger charge is 2.35. The van der Waals surface area contributed by atoms with Gasteiger partial charge in [0.25, 0.3) is 5.91 Å². The molecule has 2 atom stereocenters. The summed E-state index contributed by atoms with van der Waals surface area (Å²) in [5.74, 6) is -0.235. The number of anilines is 1. The molecule has 0 bridgehead atoms. The molecule has 0 aromatic heterocycles. The number of fused-ring (bicyclic) bond motifs is 1. The molecular weight excluding hydrogens is 418 g/mol. The van der Waals surface area contributed by atoms with Crippen molar-refractivity contribution in [3.63, 3.8) is 0 Å². The second-order valence-corrected chi connectivity index (χ2v) is 10.7. The molecule has 1 saturated heterocycles. The molecule has 4 rings (SSSR count). The van der Waals surface area contributed by atoms with E-state index in [0.29, 0.717) is 30.8 Å². The lowest BCUT2D eigenvalue weighted by molar-refractivity contribution is -0.127. The highest BCUT2D eigenvalue weighted by molar-refractivity contribution is 7.89. The minimum atomic E-state index is -3.79. The van der Waals surface area contributed by atoms with Crippen molar-refractivity contribution in [3.05, 3.63) is 18.2 Å². The van der Waals surface area contributed by atoms with Crippen molar-refractivity contribution in [1.29, 1.82) is 0 Å². The summed E-state index contributed by atoms with van der Waals surface area (Å²) in [5, 5.41) is 5.86. The molecule has 0 spiro atoms. The first-order chi connectivity index (χ1) is 14.8. The summed E-state index contributed by atoms with van der Waals surface area (Å²) < 4.78 is 33.4. The van der Waals surface area contributed by atoms with Gasteiger partial charge in [0.2, 0.25) is 15.9 Å². The topological polar surface area (TPSA) is 105 Å². The lowest BCUT2D eigenvalue weighted by atomic mass is 9.97. The van der Waals surface area contributed by atoms with Crippen LogP contribution in [0.3, 0.4) is 0 Å². The average molecular weight is 450 g/mol. The number of nitrogens with one attached hydrogen (secondary N) is 2. The molecule has 2 N–H and O–H groups in total. The highest BCUT2D eigenvalue weighted by atomic mass is 32.2. The Morgan fingerprint density at radius 2 is 1.87 bits per heavy atom. The number of hydrogen-bond acceptors (Lipinski definition) is 5. The maximum Gasteiger partial charge on any atom is 0.265 e. The predicted octanol–water partition coefficient (Wildman–Crippen LogP) is 2.65. The van der Waals surface area contributed by atoms with Crippen LogP contribution >= 0.6 is 0 Å². The molecule has 9 heteroatoms. The second kappa shape index (κ2) is 9.16. The van der Waals surface area contributed by atoms with Crippen LogP contribution < -0.4 is 15.4 Å².